The average Bonchev–Trinajstić information content (AvgIpc) is 2.44. The maximum atomic E-state index is 4.22. The van der Waals surface area contributed by atoms with E-state index in [0.29, 0.717) is 6.04 Å². The van der Waals surface area contributed by atoms with Crippen molar-refractivity contribution < 1.29 is 0 Å². The molecule has 1 atom stereocenters. The fraction of sp³-hybridized carbons (Fsp3) is 0.700. The first kappa shape index (κ1) is 10.3. The van der Waals surface area contributed by atoms with Crippen molar-refractivity contribution in [3.05, 3.63) is 17.5 Å². The van der Waals surface area contributed by atoms with Gasteiger partial charge in [-0.25, -0.2) is 0 Å². The minimum absolute atomic E-state index is 0.411. The third kappa shape index (κ3) is 2.31. The van der Waals surface area contributed by atoms with Crippen LogP contribution in [0.25, 0.3) is 0 Å². The van der Waals surface area contributed by atoms with Crippen LogP contribution in [0.5, 0.6) is 0 Å². The van der Waals surface area contributed by atoms with E-state index in [2.05, 4.69) is 31.2 Å². The lowest BCUT2D eigenvalue weighted by Gasteiger charge is -2.12. The molecule has 0 radical (unpaired) electrons. The van der Waals surface area contributed by atoms with Crippen molar-refractivity contribution in [3.8, 4) is 0 Å². The fourth-order valence-electron chi connectivity index (χ4n) is 1.41. The first-order valence-electron chi connectivity index (χ1n) is 4.88. The Labute approximate surface area is 80.1 Å². The third-order valence-electron chi connectivity index (χ3n) is 2.44. The summed E-state index contributed by atoms with van der Waals surface area (Å²) in [4.78, 5) is 0. The summed E-state index contributed by atoms with van der Waals surface area (Å²) < 4.78 is 1.92. The van der Waals surface area contributed by atoms with Gasteiger partial charge in [0, 0.05) is 24.3 Å². The lowest BCUT2D eigenvalue weighted by Crippen LogP contribution is -2.19. The van der Waals surface area contributed by atoms with Gasteiger partial charge in [0.25, 0.3) is 0 Å². The molecule has 0 fully saturated rings. The summed E-state index contributed by atoms with van der Waals surface area (Å²) in [6, 6.07) is 0.411. The predicted octanol–water partition coefficient (Wildman–Crippen LogP) is 1.79. The number of rotatable bonds is 4. The molecule has 1 rings (SSSR count). The fourth-order valence-corrected chi connectivity index (χ4v) is 1.41. The molecule has 1 aromatic rings. The van der Waals surface area contributed by atoms with E-state index in [9.17, 15) is 0 Å². The van der Waals surface area contributed by atoms with Gasteiger partial charge in [-0.3, -0.25) is 4.68 Å². The number of aromatic nitrogens is 2. The van der Waals surface area contributed by atoms with Crippen LogP contribution >= 0.6 is 0 Å². The molecule has 1 aromatic heterocycles. The van der Waals surface area contributed by atoms with Gasteiger partial charge in [0.05, 0.1) is 6.20 Å². The van der Waals surface area contributed by atoms with E-state index >= 15 is 0 Å². The summed E-state index contributed by atoms with van der Waals surface area (Å²) in [5.41, 5.74) is 2.55. The van der Waals surface area contributed by atoms with E-state index in [-0.39, 0.29) is 0 Å². The first-order valence-corrected chi connectivity index (χ1v) is 4.88. The van der Waals surface area contributed by atoms with Crippen molar-refractivity contribution in [3.63, 3.8) is 0 Å². The topological polar surface area (TPSA) is 29.9 Å². The Hall–Kier alpha value is -0.830. The molecular weight excluding hydrogens is 162 g/mol. The summed E-state index contributed by atoms with van der Waals surface area (Å²) in [5.74, 6) is 0. The second kappa shape index (κ2) is 4.42. The third-order valence-corrected chi connectivity index (χ3v) is 2.44. The van der Waals surface area contributed by atoms with Crippen molar-refractivity contribution >= 4 is 0 Å². The normalized spacial score (nSPS) is 13.2. The van der Waals surface area contributed by atoms with Crippen LogP contribution in [-0.2, 0) is 7.05 Å². The second-order valence-corrected chi connectivity index (χ2v) is 3.48. The van der Waals surface area contributed by atoms with Gasteiger partial charge in [-0.05, 0) is 26.8 Å². The summed E-state index contributed by atoms with van der Waals surface area (Å²) in [6.07, 6.45) is 3.12. The zero-order valence-corrected chi connectivity index (χ0v) is 8.96. The van der Waals surface area contributed by atoms with Gasteiger partial charge in [-0.2, -0.15) is 5.10 Å². The second-order valence-electron chi connectivity index (χ2n) is 3.48. The summed E-state index contributed by atoms with van der Waals surface area (Å²) in [5, 5.41) is 7.67. The highest BCUT2D eigenvalue weighted by Crippen LogP contribution is 2.15. The monoisotopic (exact) mass is 181 g/mol. The highest BCUT2D eigenvalue weighted by molar-refractivity contribution is 5.19. The maximum Gasteiger partial charge on any atom is 0.0540 e. The molecule has 0 aliphatic heterocycles. The minimum atomic E-state index is 0.411. The Morgan fingerprint density at radius 1 is 1.62 bits per heavy atom. The summed E-state index contributed by atoms with van der Waals surface area (Å²) in [6.45, 7) is 7.53. The van der Waals surface area contributed by atoms with Gasteiger partial charge in [0.15, 0.2) is 0 Å². The number of nitrogens with one attached hydrogen (secondary N) is 1. The molecule has 13 heavy (non-hydrogen) atoms. The number of hydrogen-bond acceptors (Lipinski definition) is 2. The molecule has 0 aromatic carbocycles. The van der Waals surface area contributed by atoms with Crippen LogP contribution in [0.4, 0.5) is 0 Å². The van der Waals surface area contributed by atoms with Crippen LogP contribution in [0.2, 0.25) is 0 Å². The minimum Gasteiger partial charge on any atom is -0.310 e. The van der Waals surface area contributed by atoms with E-state index in [1.807, 2.05) is 17.9 Å². The summed E-state index contributed by atoms with van der Waals surface area (Å²) >= 11 is 0. The highest BCUT2D eigenvalue weighted by atomic mass is 15.3. The van der Waals surface area contributed by atoms with Crippen molar-refractivity contribution in [1.29, 1.82) is 0 Å². The molecule has 3 nitrogen and oxygen atoms in total. The van der Waals surface area contributed by atoms with Crippen LogP contribution < -0.4 is 5.32 Å². The Morgan fingerprint density at radius 2 is 2.31 bits per heavy atom. The molecular formula is C10H19N3. The standard InChI is InChI=1S/C10H19N3/c1-5-6-11-8(2)10-7-12-13(4)9(10)3/h7-8,11H,5-6H2,1-4H3. The van der Waals surface area contributed by atoms with E-state index in [1.54, 1.807) is 0 Å². The molecule has 0 saturated carbocycles. The molecule has 1 N–H and O–H groups in total. The Bertz CT molecular complexity index is 265. The van der Waals surface area contributed by atoms with Crippen molar-refractivity contribution in [2.45, 2.75) is 33.2 Å². The molecule has 1 heterocycles. The Morgan fingerprint density at radius 3 is 2.77 bits per heavy atom. The molecule has 0 spiro atoms. The number of hydrogen-bond donors (Lipinski definition) is 1. The molecule has 3 heteroatoms. The molecule has 0 saturated heterocycles. The largest absolute Gasteiger partial charge is 0.310 e. The number of aryl methyl sites for hydroxylation is 1. The number of nitrogens with zero attached hydrogens (tertiary/aromatic N) is 2. The smallest absolute Gasteiger partial charge is 0.0540 e. The van der Waals surface area contributed by atoms with E-state index in [1.165, 1.54) is 17.7 Å². The zero-order valence-electron chi connectivity index (χ0n) is 8.96. The van der Waals surface area contributed by atoms with Gasteiger partial charge in [-0.1, -0.05) is 6.92 Å². The van der Waals surface area contributed by atoms with Crippen LogP contribution in [-0.4, -0.2) is 16.3 Å². The van der Waals surface area contributed by atoms with Gasteiger partial charge in [-0.15, -0.1) is 0 Å². The van der Waals surface area contributed by atoms with Gasteiger partial charge in [0.1, 0.15) is 0 Å². The van der Waals surface area contributed by atoms with Crippen molar-refractivity contribution in [2.75, 3.05) is 6.54 Å². The van der Waals surface area contributed by atoms with E-state index in [0.717, 1.165) is 6.54 Å². The van der Waals surface area contributed by atoms with Gasteiger partial charge < -0.3 is 5.32 Å². The molecule has 0 bridgehead atoms. The average molecular weight is 181 g/mol. The van der Waals surface area contributed by atoms with Gasteiger partial charge in [0.2, 0.25) is 0 Å². The molecule has 74 valence electrons. The van der Waals surface area contributed by atoms with E-state index in [4.69, 9.17) is 0 Å². The van der Waals surface area contributed by atoms with E-state index < -0.39 is 0 Å². The zero-order chi connectivity index (χ0) is 9.84. The first-order chi connectivity index (χ1) is 6.16. The summed E-state index contributed by atoms with van der Waals surface area (Å²) in [7, 11) is 1.98. The molecule has 0 aliphatic carbocycles. The van der Waals surface area contributed by atoms with Crippen LogP contribution in [0, 0.1) is 6.92 Å². The van der Waals surface area contributed by atoms with Crippen molar-refractivity contribution in [1.82, 2.24) is 15.1 Å². The SMILES string of the molecule is CCCNC(C)c1cnn(C)c1C. The van der Waals surface area contributed by atoms with Gasteiger partial charge >= 0.3 is 0 Å². The van der Waals surface area contributed by atoms with Crippen LogP contribution in [0.15, 0.2) is 6.20 Å². The predicted molar refractivity (Wildman–Crippen MR) is 54.7 cm³/mol. The molecule has 1 unspecified atom stereocenters. The molecule has 0 aliphatic rings. The quantitative estimate of drug-likeness (QED) is 0.767. The van der Waals surface area contributed by atoms with Crippen LogP contribution in [0.1, 0.15) is 37.6 Å². The lowest BCUT2D eigenvalue weighted by atomic mass is 10.1. The molecule has 0 amide bonds. The lowest BCUT2D eigenvalue weighted by molar-refractivity contribution is 0.567. The maximum absolute atomic E-state index is 4.22. The Kier molecular flexibility index (Phi) is 3.48. The van der Waals surface area contributed by atoms with Crippen molar-refractivity contribution in [2.24, 2.45) is 7.05 Å². The Balaban J connectivity index is 2.65. The van der Waals surface area contributed by atoms with Crippen LogP contribution in [0.3, 0.4) is 0 Å². The highest BCUT2D eigenvalue weighted by Gasteiger charge is 2.10.